The van der Waals surface area contributed by atoms with Crippen molar-refractivity contribution in [2.45, 2.75) is 13.0 Å². The van der Waals surface area contributed by atoms with Crippen molar-refractivity contribution in [3.63, 3.8) is 0 Å². The van der Waals surface area contributed by atoms with Crippen molar-refractivity contribution >= 4 is 27.5 Å². The van der Waals surface area contributed by atoms with Crippen molar-refractivity contribution < 1.29 is 14.6 Å². The lowest BCUT2D eigenvalue weighted by atomic mass is 9.99. The van der Waals surface area contributed by atoms with Gasteiger partial charge in [0.2, 0.25) is 0 Å². The van der Waals surface area contributed by atoms with Crippen LogP contribution in [0.1, 0.15) is 22.8 Å². The van der Waals surface area contributed by atoms with Gasteiger partial charge in [0.25, 0.3) is 0 Å². The van der Waals surface area contributed by atoms with Gasteiger partial charge in [-0.25, -0.2) is 0 Å². The Hall–Kier alpha value is -1.23. The van der Waals surface area contributed by atoms with Gasteiger partial charge in [-0.1, -0.05) is 45.2 Å². The Labute approximate surface area is 137 Å². The van der Waals surface area contributed by atoms with E-state index in [-0.39, 0.29) is 0 Å². The van der Waals surface area contributed by atoms with E-state index in [9.17, 15) is 5.11 Å². The molecule has 0 bridgehead atoms. The molecule has 0 fully saturated rings. The zero-order chi connectivity index (χ0) is 15.6. The first-order valence-corrected chi connectivity index (χ1v) is 7.51. The predicted molar refractivity (Wildman–Crippen MR) is 87.5 cm³/mol. The SMILES string of the molecule is COc1ccc(C(O)c2cc(C)ccc2Br)c(OC)c1Cl. The van der Waals surface area contributed by atoms with Gasteiger partial charge in [-0.05, 0) is 30.7 Å². The van der Waals surface area contributed by atoms with Crippen molar-refractivity contribution in [2.24, 2.45) is 0 Å². The average molecular weight is 372 g/mol. The van der Waals surface area contributed by atoms with Crippen molar-refractivity contribution in [2.75, 3.05) is 14.2 Å². The minimum absolute atomic E-state index is 0.348. The number of rotatable bonds is 4. The summed E-state index contributed by atoms with van der Waals surface area (Å²) in [5.74, 6) is 0.921. The molecule has 0 aliphatic heterocycles. The Balaban J connectivity index is 2.55. The van der Waals surface area contributed by atoms with E-state index in [4.69, 9.17) is 21.1 Å². The van der Waals surface area contributed by atoms with Crippen LogP contribution in [0.15, 0.2) is 34.8 Å². The Kier molecular flexibility index (Phi) is 5.14. The summed E-state index contributed by atoms with van der Waals surface area (Å²) in [5, 5.41) is 11.0. The minimum atomic E-state index is -0.849. The molecular weight excluding hydrogens is 356 g/mol. The molecule has 2 aromatic carbocycles. The molecule has 0 saturated heterocycles. The van der Waals surface area contributed by atoms with Gasteiger partial charge in [-0.2, -0.15) is 0 Å². The molecule has 2 aromatic rings. The second-order valence-electron chi connectivity index (χ2n) is 4.63. The summed E-state index contributed by atoms with van der Waals surface area (Å²) in [6.07, 6.45) is -0.849. The fraction of sp³-hybridized carbons (Fsp3) is 0.250. The van der Waals surface area contributed by atoms with Gasteiger partial charge < -0.3 is 14.6 Å². The van der Waals surface area contributed by atoms with Crippen LogP contribution in [0, 0.1) is 6.92 Å². The fourth-order valence-corrected chi connectivity index (χ4v) is 2.96. The first kappa shape index (κ1) is 16.1. The minimum Gasteiger partial charge on any atom is -0.495 e. The maximum atomic E-state index is 10.7. The molecule has 0 aliphatic carbocycles. The number of benzene rings is 2. The molecule has 112 valence electrons. The number of methoxy groups -OCH3 is 2. The largest absolute Gasteiger partial charge is 0.495 e. The van der Waals surface area contributed by atoms with Crippen LogP contribution in [0.3, 0.4) is 0 Å². The van der Waals surface area contributed by atoms with E-state index in [1.165, 1.54) is 14.2 Å². The third kappa shape index (κ3) is 3.18. The van der Waals surface area contributed by atoms with Crippen molar-refractivity contribution in [3.05, 3.63) is 56.5 Å². The average Bonchev–Trinajstić information content (AvgIpc) is 2.48. The molecule has 2 rings (SSSR count). The third-order valence-electron chi connectivity index (χ3n) is 3.26. The quantitative estimate of drug-likeness (QED) is 0.859. The predicted octanol–water partition coefficient (Wildman–Crippen LogP) is 4.51. The lowest BCUT2D eigenvalue weighted by molar-refractivity contribution is 0.213. The molecule has 0 aromatic heterocycles. The highest BCUT2D eigenvalue weighted by atomic mass is 79.9. The topological polar surface area (TPSA) is 38.7 Å². The molecule has 0 radical (unpaired) electrons. The van der Waals surface area contributed by atoms with Gasteiger partial charge in [0, 0.05) is 10.0 Å². The van der Waals surface area contributed by atoms with Gasteiger partial charge in [0.15, 0.2) is 0 Å². The number of halogens is 2. The zero-order valence-corrected chi connectivity index (χ0v) is 14.3. The van der Waals surface area contributed by atoms with Gasteiger partial charge in [0.05, 0.1) is 14.2 Å². The molecule has 3 nitrogen and oxygen atoms in total. The third-order valence-corrected chi connectivity index (χ3v) is 4.34. The summed E-state index contributed by atoms with van der Waals surface area (Å²) in [6, 6.07) is 9.27. The molecule has 0 spiro atoms. The molecular formula is C16H16BrClO3. The second-order valence-corrected chi connectivity index (χ2v) is 5.86. The summed E-state index contributed by atoms with van der Waals surface area (Å²) in [5.41, 5.74) is 2.41. The number of aryl methyl sites for hydroxylation is 1. The van der Waals surface area contributed by atoms with Crippen molar-refractivity contribution in [1.82, 2.24) is 0 Å². The van der Waals surface area contributed by atoms with E-state index in [0.717, 1.165) is 15.6 Å². The van der Waals surface area contributed by atoms with Crippen LogP contribution < -0.4 is 9.47 Å². The van der Waals surface area contributed by atoms with E-state index in [0.29, 0.717) is 22.1 Å². The van der Waals surface area contributed by atoms with Crippen LogP contribution in [0.4, 0.5) is 0 Å². The summed E-state index contributed by atoms with van der Waals surface area (Å²) in [7, 11) is 3.05. The Morgan fingerprint density at radius 2 is 1.81 bits per heavy atom. The first-order valence-electron chi connectivity index (χ1n) is 6.34. The van der Waals surface area contributed by atoms with Crippen LogP contribution in [-0.4, -0.2) is 19.3 Å². The smallest absolute Gasteiger partial charge is 0.147 e. The molecule has 0 heterocycles. The normalized spacial score (nSPS) is 12.1. The van der Waals surface area contributed by atoms with E-state index < -0.39 is 6.10 Å². The van der Waals surface area contributed by atoms with Crippen LogP contribution in [0.25, 0.3) is 0 Å². The van der Waals surface area contributed by atoms with Crippen LogP contribution in [0.2, 0.25) is 5.02 Å². The molecule has 5 heteroatoms. The number of aliphatic hydroxyl groups is 1. The Bertz CT molecular complexity index is 658. The zero-order valence-electron chi connectivity index (χ0n) is 12.0. The Morgan fingerprint density at radius 3 is 2.43 bits per heavy atom. The lowest BCUT2D eigenvalue weighted by Crippen LogP contribution is -2.05. The van der Waals surface area contributed by atoms with Crippen LogP contribution in [-0.2, 0) is 0 Å². The van der Waals surface area contributed by atoms with Crippen molar-refractivity contribution in [3.8, 4) is 11.5 Å². The number of hydrogen-bond donors (Lipinski definition) is 1. The molecule has 1 atom stereocenters. The summed E-state index contributed by atoms with van der Waals surface area (Å²) in [4.78, 5) is 0. The van der Waals surface area contributed by atoms with E-state index in [1.807, 2.05) is 25.1 Å². The van der Waals surface area contributed by atoms with Crippen LogP contribution >= 0.6 is 27.5 Å². The van der Waals surface area contributed by atoms with Gasteiger partial charge in [-0.15, -0.1) is 0 Å². The molecule has 21 heavy (non-hydrogen) atoms. The number of ether oxygens (including phenoxy) is 2. The van der Waals surface area contributed by atoms with Crippen molar-refractivity contribution in [1.29, 1.82) is 0 Å². The monoisotopic (exact) mass is 370 g/mol. The summed E-state index contributed by atoms with van der Waals surface area (Å²) in [6.45, 7) is 1.97. The molecule has 0 amide bonds. The molecule has 1 N–H and O–H groups in total. The summed E-state index contributed by atoms with van der Waals surface area (Å²) < 4.78 is 11.3. The van der Waals surface area contributed by atoms with Gasteiger partial charge >= 0.3 is 0 Å². The number of hydrogen-bond acceptors (Lipinski definition) is 3. The van der Waals surface area contributed by atoms with Gasteiger partial charge in [0.1, 0.15) is 22.6 Å². The lowest BCUT2D eigenvalue weighted by Gasteiger charge is -2.19. The summed E-state index contributed by atoms with van der Waals surface area (Å²) >= 11 is 9.71. The van der Waals surface area contributed by atoms with Gasteiger partial charge in [-0.3, -0.25) is 0 Å². The van der Waals surface area contributed by atoms with E-state index >= 15 is 0 Å². The maximum absolute atomic E-state index is 10.7. The van der Waals surface area contributed by atoms with Crippen LogP contribution in [0.5, 0.6) is 11.5 Å². The highest BCUT2D eigenvalue weighted by molar-refractivity contribution is 9.10. The Morgan fingerprint density at radius 1 is 1.10 bits per heavy atom. The second kappa shape index (κ2) is 6.69. The van der Waals surface area contributed by atoms with E-state index in [1.54, 1.807) is 12.1 Å². The first-order chi connectivity index (χ1) is 9.99. The fourth-order valence-electron chi connectivity index (χ4n) is 2.17. The highest BCUT2D eigenvalue weighted by Crippen LogP contribution is 2.42. The standard InChI is InChI=1S/C16H16BrClO3/c1-9-4-6-12(17)11(8-9)15(19)10-5-7-13(20-2)14(18)16(10)21-3/h4-8,15,19H,1-3H3. The van der Waals surface area contributed by atoms with E-state index in [2.05, 4.69) is 15.9 Å². The highest BCUT2D eigenvalue weighted by Gasteiger charge is 2.22. The molecule has 0 saturated carbocycles. The maximum Gasteiger partial charge on any atom is 0.147 e. The molecule has 1 unspecified atom stereocenters. The number of aliphatic hydroxyl groups excluding tert-OH is 1. The molecule has 0 aliphatic rings.